The molecule has 3 aromatic heterocycles. The van der Waals surface area contributed by atoms with Gasteiger partial charge in [-0.05, 0) is 38.4 Å². The molecule has 2 atom stereocenters. The number of hydrogen-bond acceptors (Lipinski definition) is 7. The third-order valence-corrected chi connectivity index (χ3v) is 6.07. The van der Waals surface area contributed by atoms with E-state index in [0.29, 0.717) is 30.4 Å². The van der Waals surface area contributed by atoms with Crippen molar-refractivity contribution in [3.63, 3.8) is 0 Å². The Bertz CT molecular complexity index is 1230. The topological polar surface area (TPSA) is 101 Å². The van der Waals surface area contributed by atoms with E-state index in [-0.39, 0.29) is 41.3 Å². The van der Waals surface area contributed by atoms with Crippen molar-refractivity contribution in [2.24, 2.45) is 5.92 Å². The highest BCUT2D eigenvalue weighted by Crippen LogP contribution is 2.31. The second-order valence-corrected chi connectivity index (χ2v) is 8.73. The number of nitrogens with one attached hydrogen (secondary N) is 2. The minimum Gasteiger partial charge on any atom is -0.364 e. The van der Waals surface area contributed by atoms with Crippen LogP contribution in [0.4, 0.5) is 19.0 Å². The summed E-state index contributed by atoms with van der Waals surface area (Å²) in [6, 6.07) is 4.60. The van der Waals surface area contributed by atoms with Gasteiger partial charge in [-0.2, -0.15) is 18.9 Å². The average molecular weight is 475 g/mol. The van der Waals surface area contributed by atoms with E-state index in [1.165, 1.54) is 4.52 Å². The van der Waals surface area contributed by atoms with E-state index in [2.05, 4.69) is 25.9 Å². The van der Waals surface area contributed by atoms with Crippen LogP contribution in [0.3, 0.4) is 0 Å². The summed E-state index contributed by atoms with van der Waals surface area (Å²) in [6.07, 6.45) is 0.0219. The molecule has 3 aromatic rings. The summed E-state index contributed by atoms with van der Waals surface area (Å²) >= 11 is 0. The molecule has 0 bridgehead atoms. The summed E-state index contributed by atoms with van der Waals surface area (Å²) in [5, 5.41) is 14.2. The molecule has 2 N–H and O–H groups in total. The first kappa shape index (κ1) is 22.4. The van der Waals surface area contributed by atoms with Gasteiger partial charge in [-0.25, -0.2) is 8.91 Å². The minimum atomic E-state index is -1.91. The van der Waals surface area contributed by atoms with Crippen molar-refractivity contribution in [3.8, 4) is 11.5 Å². The molecule has 12 heteroatoms. The molecule has 2 fully saturated rings. The molecular formula is C22H24F3N7O2. The molecule has 2 aliphatic rings. The number of pyridine rings is 1. The molecule has 1 saturated heterocycles. The van der Waals surface area contributed by atoms with Gasteiger partial charge < -0.3 is 20.1 Å². The van der Waals surface area contributed by atoms with Crippen molar-refractivity contribution < 1.29 is 22.5 Å². The maximum absolute atomic E-state index is 14.6. The highest BCUT2D eigenvalue weighted by atomic mass is 19.3. The largest absolute Gasteiger partial charge is 0.364 e. The number of carbonyl (C=O) groups excluding carboxylic acids is 1. The fourth-order valence-corrected chi connectivity index (χ4v) is 4.10. The van der Waals surface area contributed by atoms with Crippen molar-refractivity contribution in [1.29, 1.82) is 0 Å². The lowest BCUT2D eigenvalue weighted by Gasteiger charge is -2.33. The van der Waals surface area contributed by atoms with Gasteiger partial charge in [0, 0.05) is 30.6 Å². The average Bonchev–Trinajstić information content (AvgIpc) is 3.44. The third kappa shape index (κ3) is 4.63. The van der Waals surface area contributed by atoms with Crippen LogP contribution in [0.2, 0.25) is 0 Å². The van der Waals surface area contributed by atoms with Gasteiger partial charge in [-0.1, -0.05) is 11.2 Å². The van der Waals surface area contributed by atoms with E-state index in [1.807, 2.05) is 11.9 Å². The first-order valence-corrected chi connectivity index (χ1v) is 11.1. The van der Waals surface area contributed by atoms with E-state index >= 15 is 0 Å². The SMILES string of the molecule is CN1CC[C@@H](Nc2cccc3c(C=C(F)F)c(-c4noc(CNC(=O)C5CC5)n4)nn23)[C@@H](F)C1. The van der Waals surface area contributed by atoms with E-state index < -0.39 is 18.3 Å². The van der Waals surface area contributed by atoms with Crippen molar-refractivity contribution in [2.75, 3.05) is 25.5 Å². The Labute approximate surface area is 193 Å². The Morgan fingerprint density at radius 1 is 1.29 bits per heavy atom. The molecule has 1 amide bonds. The number of nitrogens with zero attached hydrogens (tertiary/aromatic N) is 5. The number of piperidine rings is 1. The highest BCUT2D eigenvalue weighted by molar-refractivity contribution is 5.82. The first-order chi connectivity index (χ1) is 16.4. The van der Waals surface area contributed by atoms with Crippen molar-refractivity contribution in [3.05, 3.63) is 35.7 Å². The first-order valence-electron chi connectivity index (χ1n) is 11.1. The number of fused-ring (bicyclic) bond motifs is 1. The Morgan fingerprint density at radius 3 is 2.85 bits per heavy atom. The fraction of sp³-hybridized carbons (Fsp3) is 0.455. The second-order valence-electron chi connectivity index (χ2n) is 8.73. The van der Waals surface area contributed by atoms with Gasteiger partial charge in [-0.15, -0.1) is 0 Å². The number of carbonyl (C=O) groups is 1. The number of amides is 1. The predicted octanol–water partition coefficient (Wildman–Crippen LogP) is 3.10. The summed E-state index contributed by atoms with van der Waals surface area (Å²) in [4.78, 5) is 18.0. The number of rotatable bonds is 7. The standard InChI is InChI=1S/C22H24F3N7O2/c1-31-8-7-15(14(23)11-31)27-18-4-2-3-16-13(9-17(24)25)20(29-32(16)18)21-28-19(34-30-21)10-26-22(33)12-5-6-12/h2-4,9,12,14-15,27H,5-8,10-11H2,1H3,(H,26,33)/t14-,15+/m0/s1. The van der Waals surface area contributed by atoms with Crippen molar-refractivity contribution in [1.82, 2.24) is 30.0 Å². The van der Waals surface area contributed by atoms with Crippen LogP contribution in [-0.4, -0.2) is 62.9 Å². The zero-order chi connectivity index (χ0) is 23.8. The van der Waals surface area contributed by atoms with E-state index in [9.17, 15) is 18.0 Å². The van der Waals surface area contributed by atoms with Gasteiger partial charge in [0.15, 0.2) is 0 Å². The monoisotopic (exact) mass is 475 g/mol. The fourth-order valence-electron chi connectivity index (χ4n) is 4.10. The summed E-state index contributed by atoms with van der Waals surface area (Å²) < 4.78 is 47.9. The molecule has 1 saturated carbocycles. The van der Waals surface area contributed by atoms with Gasteiger partial charge in [0.05, 0.1) is 18.1 Å². The van der Waals surface area contributed by atoms with Crippen LogP contribution in [0.5, 0.6) is 0 Å². The number of anilines is 1. The number of aromatic nitrogens is 4. The Balaban J connectivity index is 1.46. The van der Waals surface area contributed by atoms with Crippen LogP contribution < -0.4 is 10.6 Å². The van der Waals surface area contributed by atoms with Crippen molar-refractivity contribution >= 4 is 23.3 Å². The van der Waals surface area contributed by atoms with Crippen LogP contribution in [0.1, 0.15) is 30.7 Å². The zero-order valence-electron chi connectivity index (χ0n) is 18.5. The van der Waals surface area contributed by atoms with Gasteiger partial charge in [0.2, 0.25) is 17.6 Å². The minimum absolute atomic E-state index is 0.0143. The van der Waals surface area contributed by atoms with Gasteiger partial charge in [0.1, 0.15) is 17.7 Å². The number of hydrogen-bond donors (Lipinski definition) is 2. The summed E-state index contributed by atoms with van der Waals surface area (Å²) in [6.45, 7) is 1.09. The summed E-state index contributed by atoms with van der Waals surface area (Å²) in [7, 11) is 1.87. The van der Waals surface area contributed by atoms with E-state index in [0.717, 1.165) is 19.4 Å². The maximum Gasteiger partial charge on any atom is 0.271 e. The lowest BCUT2D eigenvalue weighted by molar-refractivity contribution is -0.122. The lowest BCUT2D eigenvalue weighted by Crippen LogP contribution is -2.46. The Hall–Kier alpha value is -3.41. The van der Waals surface area contributed by atoms with Gasteiger partial charge >= 0.3 is 0 Å². The number of likely N-dealkylation sites (tertiary alicyclic amines) is 1. The third-order valence-electron chi connectivity index (χ3n) is 6.07. The molecular weight excluding hydrogens is 451 g/mol. The van der Waals surface area contributed by atoms with Crippen LogP contribution in [-0.2, 0) is 11.3 Å². The second kappa shape index (κ2) is 9.09. The Kier molecular flexibility index (Phi) is 5.98. The quantitative estimate of drug-likeness (QED) is 0.542. The molecule has 0 unspecified atom stereocenters. The van der Waals surface area contributed by atoms with Crippen LogP contribution in [0.15, 0.2) is 28.8 Å². The zero-order valence-corrected chi connectivity index (χ0v) is 18.5. The van der Waals surface area contributed by atoms with Crippen LogP contribution in [0.25, 0.3) is 23.1 Å². The molecule has 0 spiro atoms. The highest BCUT2D eigenvalue weighted by Gasteiger charge is 2.30. The van der Waals surface area contributed by atoms with Crippen LogP contribution in [0, 0.1) is 5.92 Å². The summed E-state index contributed by atoms with van der Waals surface area (Å²) in [5.41, 5.74) is 0.577. The van der Waals surface area contributed by atoms with Gasteiger partial charge in [0.25, 0.3) is 6.08 Å². The van der Waals surface area contributed by atoms with E-state index in [1.54, 1.807) is 18.2 Å². The normalized spacial score (nSPS) is 20.9. The maximum atomic E-state index is 14.6. The Morgan fingerprint density at radius 2 is 2.12 bits per heavy atom. The molecule has 9 nitrogen and oxygen atoms in total. The molecule has 0 radical (unpaired) electrons. The molecule has 4 heterocycles. The number of halogens is 3. The molecule has 1 aliphatic carbocycles. The number of alkyl halides is 1. The molecule has 180 valence electrons. The van der Waals surface area contributed by atoms with Crippen LogP contribution >= 0.6 is 0 Å². The molecule has 0 aromatic carbocycles. The lowest BCUT2D eigenvalue weighted by atomic mass is 10.0. The van der Waals surface area contributed by atoms with Gasteiger partial charge in [-0.3, -0.25) is 4.79 Å². The predicted molar refractivity (Wildman–Crippen MR) is 118 cm³/mol. The smallest absolute Gasteiger partial charge is 0.271 e. The molecule has 5 rings (SSSR count). The van der Waals surface area contributed by atoms with Crippen molar-refractivity contribution in [2.45, 2.75) is 38.0 Å². The molecule has 1 aliphatic heterocycles. The molecule has 34 heavy (non-hydrogen) atoms. The van der Waals surface area contributed by atoms with E-state index in [4.69, 9.17) is 4.52 Å². The summed E-state index contributed by atoms with van der Waals surface area (Å²) in [5.74, 6) is 0.577.